The summed E-state index contributed by atoms with van der Waals surface area (Å²) in [5, 5.41) is 9.01. The van der Waals surface area contributed by atoms with Crippen molar-refractivity contribution in [2.75, 3.05) is 5.32 Å². The van der Waals surface area contributed by atoms with Crippen molar-refractivity contribution < 1.29 is 4.79 Å². The van der Waals surface area contributed by atoms with E-state index in [1.54, 1.807) is 16.8 Å². The number of nitrogens with one attached hydrogen (secondary N) is 1. The largest absolute Gasteiger partial charge is 0.306 e. The molecule has 0 radical (unpaired) electrons. The second kappa shape index (κ2) is 10.0. The van der Waals surface area contributed by atoms with Crippen LogP contribution in [0.3, 0.4) is 0 Å². The first kappa shape index (κ1) is 22.1. The fourth-order valence-electron chi connectivity index (χ4n) is 3.40. The van der Waals surface area contributed by atoms with E-state index in [4.69, 9.17) is 28.3 Å². The Morgan fingerprint density at radius 2 is 1.53 bits per heavy atom. The highest BCUT2D eigenvalue weighted by atomic mass is 35.5. The summed E-state index contributed by atoms with van der Waals surface area (Å²) in [5.41, 5.74) is 4.25. The molecule has 162 valence electrons. The lowest BCUT2D eigenvalue weighted by Crippen LogP contribution is -2.15. The Labute approximate surface area is 197 Å². The van der Waals surface area contributed by atoms with E-state index in [0.717, 1.165) is 36.2 Å². The third kappa shape index (κ3) is 5.21. The van der Waals surface area contributed by atoms with Crippen LogP contribution >= 0.6 is 23.2 Å². The molecule has 4 aromatic rings. The lowest BCUT2D eigenvalue weighted by Gasteiger charge is -2.09. The van der Waals surface area contributed by atoms with Crippen LogP contribution in [-0.2, 0) is 6.42 Å². The molecule has 3 aromatic carbocycles. The molecule has 0 spiro atoms. The predicted octanol–water partition coefficient (Wildman–Crippen LogP) is 7.44. The molecule has 0 saturated heterocycles. The van der Waals surface area contributed by atoms with Crippen LogP contribution in [0, 0.1) is 0 Å². The first-order valence-corrected chi connectivity index (χ1v) is 11.3. The van der Waals surface area contributed by atoms with E-state index < -0.39 is 0 Å². The number of rotatable bonds is 7. The number of halogens is 2. The fourth-order valence-corrected chi connectivity index (χ4v) is 3.66. The summed E-state index contributed by atoms with van der Waals surface area (Å²) in [5.74, 6) is 0.377. The predicted molar refractivity (Wildman–Crippen MR) is 132 cm³/mol. The summed E-state index contributed by atoms with van der Waals surface area (Å²) in [4.78, 5) is 13.0. The van der Waals surface area contributed by atoms with Crippen molar-refractivity contribution in [3.8, 4) is 16.9 Å². The molecule has 0 atom stereocenters. The van der Waals surface area contributed by atoms with Gasteiger partial charge >= 0.3 is 0 Å². The first-order chi connectivity index (χ1) is 15.5. The summed E-state index contributed by atoms with van der Waals surface area (Å²) >= 11 is 12.1. The van der Waals surface area contributed by atoms with Gasteiger partial charge in [0.25, 0.3) is 5.91 Å². The molecule has 0 unspecified atom stereocenters. The number of anilines is 1. The van der Waals surface area contributed by atoms with Gasteiger partial charge in [-0.25, -0.2) is 4.68 Å². The summed E-state index contributed by atoms with van der Waals surface area (Å²) < 4.78 is 1.70. The average Bonchev–Trinajstić information content (AvgIpc) is 3.22. The van der Waals surface area contributed by atoms with Crippen LogP contribution in [0.5, 0.6) is 0 Å². The van der Waals surface area contributed by atoms with Crippen molar-refractivity contribution in [3.05, 3.63) is 100 Å². The number of nitrogens with zero attached hydrogens (tertiary/aromatic N) is 2. The molecule has 0 aliphatic heterocycles. The van der Waals surface area contributed by atoms with Crippen molar-refractivity contribution in [3.63, 3.8) is 0 Å². The van der Waals surface area contributed by atoms with E-state index in [9.17, 15) is 4.79 Å². The van der Waals surface area contributed by atoms with Gasteiger partial charge in [-0.15, -0.1) is 0 Å². The maximum atomic E-state index is 13.0. The monoisotopic (exact) mass is 463 g/mol. The van der Waals surface area contributed by atoms with Gasteiger partial charge in [0, 0.05) is 27.2 Å². The highest BCUT2D eigenvalue weighted by molar-refractivity contribution is 6.30. The van der Waals surface area contributed by atoms with E-state index in [0.29, 0.717) is 21.4 Å². The average molecular weight is 464 g/mol. The number of aromatic nitrogens is 2. The van der Waals surface area contributed by atoms with Gasteiger partial charge in [0.2, 0.25) is 0 Å². The molecule has 1 aromatic heterocycles. The number of benzene rings is 3. The van der Waals surface area contributed by atoms with Gasteiger partial charge in [-0.05, 0) is 66.9 Å². The zero-order valence-electron chi connectivity index (χ0n) is 17.7. The minimum absolute atomic E-state index is 0.190. The molecule has 6 heteroatoms. The third-order valence-electron chi connectivity index (χ3n) is 5.20. The molecule has 0 aliphatic rings. The molecule has 32 heavy (non-hydrogen) atoms. The number of amides is 1. The number of carbonyl (C=O) groups excluding carboxylic acids is 1. The van der Waals surface area contributed by atoms with Gasteiger partial charge in [0.1, 0.15) is 5.82 Å². The number of aryl methyl sites for hydroxylation is 1. The minimum Gasteiger partial charge on any atom is -0.306 e. The Balaban J connectivity index is 1.64. The normalized spacial score (nSPS) is 10.8. The van der Waals surface area contributed by atoms with Gasteiger partial charge in [-0.3, -0.25) is 4.79 Å². The standard InChI is InChI=1S/C26H23Cl2N3O/c1-2-3-4-18-5-7-20(8-6-18)26(32)29-25-17-24(19-9-11-21(27)12-10-19)30-31(25)23-15-13-22(28)14-16-23/h5-17H,2-4H2,1H3,(H,29,32). The Kier molecular flexibility index (Phi) is 6.93. The molecule has 0 fully saturated rings. The minimum atomic E-state index is -0.190. The van der Waals surface area contributed by atoms with Gasteiger partial charge in [0.15, 0.2) is 0 Å². The molecule has 0 aliphatic carbocycles. The van der Waals surface area contributed by atoms with E-state index in [1.165, 1.54) is 5.56 Å². The molecular weight excluding hydrogens is 441 g/mol. The lowest BCUT2D eigenvalue weighted by atomic mass is 10.1. The van der Waals surface area contributed by atoms with Crippen LogP contribution in [-0.4, -0.2) is 15.7 Å². The van der Waals surface area contributed by atoms with Gasteiger partial charge in [0.05, 0.1) is 11.4 Å². The van der Waals surface area contributed by atoms with Crippen molar-refractivity contribution in [2.45, 2.75) is 26.2 Å². The van der Waals surface area contributed by atoms with Crippen molar-refractivity contribution in [1.82, 2.24) is 9.78 Å². The lowest BCUT2D eigenvalue weighted by molar-refractivity contribution is 0.102. The number of unbranched alkanes of at least 4 members (excludes halogenated alkanes) is 1. The highest BCUT2D eigenvalue weighted by Crippen LogP contribution is 2.27. The van der Waals surface area contributed by atoms with E-state index >= 15 is 0 Å². The van der Waals surface area contributed by atoms with Crippen LogP contribution in [0.25, 0.3) is 16.9 Å². The maximum Gasteiger partial charge on any atom is 0.256 e. The van der Waals surface area contributed by atoms with Gasteiger partial charge < -0.3 is 5.32 Å². The van der Waals surface area contributed by atoms with Gasteiger partial charge in [-0.1, -0.05) is 60.8 Å². The molecular formula is C26H23Cl2N3O. The summed E-state index contributed by atoms with van der Waals surface area (Å²) in [6.45, 7) is 2.17. The van der Waals surface area contributed by atoms with Crippen molar-refractivity contribution >= 4 is 34.9 Å². The summed E-state index contributed by atoms with van der Waals surface area (Å²) in [6, 6.07) is 24.3. The smallest absolute Gasteiger partial charge is 0.256 e. The number of carbonyl (C=O) groups is 1. The quantitative estimate of drug-likeness (QED) is 0.309. The van der Waals surface area contributed by atoms with Gasteiger partial charge in [-0.2, -0.15) is 5.10 Å². The molecule has 4 rings (SSSR count). The van der Waals surface area contributed by atoms with Crippen LogP contribution < -0.4 is 5.32 Å². The maximum absolute atomic E-state index is 13.0. The Bertz CT molecular complexity index is 1200. The molecule has 1 amide bonds. The first-order valence-electron chi connectivity index (χ1n) is 10.6. The number of hydrogen-bond donors (Lipinski definition) is 1. The van der Waals surface area contributed by atoms with Crippen LogP contribution in [0.2, 0.25) is 10.0 Å². The molecule has 0 bridgehead atoms. The molecule has 1 heterocycles. The summed E-state index contributed by atoms with van der Waals surface area (Å²) in [7, 11) is 0. The third-order valence-corrected chi connectivity index (χ3v) is 5.70. The summed E-state index contributed by atoms with van der Waals surface area (Å²) in [6.07, 6.45) is 3.30. The topological polar surface area (TPSA) is 46.9 Å². The Hall–Kier alpha value is -3.08. The fraction of sp³-hybridized carbons (Fsp3) is 0.154. The van der Waals surface area contributed by atoms with E-state index in [-0.39, 0.29) is 5.91 Å². The molecule has 4 nitrogen and oxygen atoms in total. The molecule has 0 saturated carbocycles. The van der Waals surface area contributed by atoms with E-state index in [2.05, 4.69) is 12.2 Å². The van der Waals surface area contributed by atoms with Crippen LogP contribution in [0.1, 0.15) is 35.7 Å². The zero-order chi connectivity index (χ0) is 22.5. The SMILES string of the molecule is CCCCc1ccc(C(=O)Nc2cc(-c3ccc(Cl)cc3)nn2-c2ccc(Cl)cc2)cc1. The second-order valence-corrected chi connectivity index (χ2v) is 8.44. The Morgan fingerprint density at radius 3 is 2.16 bits per heavy atom. The van der Waals surface area contributed by atoms with Crippen molar-refractivity contribution in [1.29, 1.82) is 0 Å². The zero-order valence-corrected chi connectivity index (χ0v) is 19.2. The van der Waals surface area contributed by atoms with E-state index in [1.807, 2.05) is 66.7 Å². The Morgan fingerprint density at radius 1 is 0.906 bits per heavy atom. The molecule has 1 N–H and O–H groups in total. The highest BCUT2D eigenvalue weighted by Gasteiger charge is 2.15. The van der Waals surface area contributed by atoms with Crippen LogP contribution in [0.4, 0.5) is 5.82 Å². The van der Waals surface area contributed by atoms with Crippen molar-refractivity contribution in [2.24, 2.45) is 0 Å². The van der Waals surface area contributed by atoms with Crippen LogP contribution in [0.15, 0.2) is 78.9 Å². The second-order valence-electron chi connectivity index (χ2n) is 7.56. The number of hydrogen-bond acceptors (Lipinski definition) is 2.